The molecule has 0 aromatic heterocycles. The van der Waals surface area contributed by atoms with Crippen LogP contribution in [0, 0.1) is 10.1 Å². The Bertz CT molecular complexity index is 712. The first-order valence-electron chi connectivity index (χ1n) is 5.26. The third kappa shape index (κ3) is 3.06. The van der Waals surface area contributed by atoms with Gasteiger partial charge in [-0.3, -0.25) is 10.1 Å². The summed E-state index contributed by atoms with van der Waals surface area (Å²) in [6.07, 6.45) is 0. The number of sulfone groups is 1. The lowest BCUT2D eigenvalue weighted by Gasteiger charge is -2.04. The molecule has 0 atom stereocenters. The molecule has 0 heterocycles. The van der Waals surface area contributed by atoms with Crippen LogP contribution < -0.4 is 5.73 Å². The molecule has 8 heteroatoms. The van der Waals surface area contributed by atoms with Gasteiger partial charge in [0.1, 0.15) is 0 Å². The molecular formula is C12H11ClN2O4S. The van der Waals surface area contributed by atoms with Gasteiger partial charge in [-0.2, -0.15) is 0 Å². The quantitative estimate of drug-likeness (QED) is 0.532. The van der Waals surface area contributed by atoms with Crippen molar-refractivity contribution in [3.8, 4) is 0 Å². The average molecular weight is 315 g/mol. The van der Waals surface area contributed by atoms with Crippen LogP contribution in [-0.2, 0) is 9.84 Å². The van der Waals surface area contributed by atoms with Crippen molar-refractivity contribution in [1.29, 1.82) is 0 Å². The molecular weight excluding hydrogens is 304 g/mol. The molecule has 0 aliphatic rings. The van der Waals surface area contributed by atoms with E-state index in [1.54, 1.807) is 0 Å². The Kier molecular flexibility index (Phi) is 4.69. The first kappa shape index (κ1) is 15.9. The second kappa shape index (κ2) is 5.89. The minimum Gasteiger partial charge on any atom is -0.399 e. The maximum absolute atomic E-state index is 12.2. The second-order valence-electron chi connectivity index (χ2n) is 3.82. The summed E-state index contributed by atoms with van der Waals surface area (Å²) in [6.45, 7) is 0. The number of nitrogens with zero attached hydrogens (tertiary/aromatic N) is 1. The van der Waals surface area contributed by atoms with Crippen LogP contribution in [0.5, 0.6) is 0 Å². The van der Waals surface area contributed by atoms with Crippen LogP contribution in [0.4, 0.5) is 11.4 Å². The molecule has 0 amide bonds. The van der Waals surface area contributed by atoms with Gasteiger partial charge in [0, 0.05) is 17.8 Å². The first-order valence-corrected chi connectivity index (χ1v) is 6.74. The Morgan fingerprint density at radius 2 is 1.30 bits per heavy atom. The topological polar surface area (TPSA) is 103 Å². The lowest BCUT2D eigenvalue weighted by atomic mass is 10.3. The number of hydrogen-bond acceptors (Lipinski definition) is 5. The molecule has 106 valence electrons. The van der Waals surface area contributed by atoms with Crippen molar-refractivity contribution in [2.45, 2.75) is 9.79 Å². The van der Waals surface area contributed by atoms with Crippen LogP contribution in [0.2, 0.25) is 0 Å². The van der Waals surface area contributed by atoms with Gasteiger partial charge < -0.3 is 5.73 Å². The third-order valence-corrected chi connectivity index (χ3v) is 4.33. The van der Waals surface area contributed by atoms with Crippen molar-refractivity contribution in [1.82, 2.24) is 0 Å². The number of nitro benzene ring substituents is 1. The molecule has 0 bridgehead atoms. The van der Waals surface area contributed by atoms with Gasteiger partial charge in [-0.25, -0.2) is 8.42 Å². The molecule has 2 aromatic rings. The normalized spacial score (nSPS) is 10.6. The molecule has 0 fully saturated rings. The van der Waals surface area contributed by atoms with Gasteiger partial charge in [0.2, 0.25) is 9.84 Å². The third-order valence-electron chi connectivity index (χ3n) is 2.55. The van der Waals surface area contributed by atoms with Gasteiger partial charge in [-0.1, -0.05) is 0 Å². The van der Waals surface area contributed by atoms with Crippen LogP contribution in [0.25, 0.3) is 0 Å². The summed E-state index contributed by atoms with van der Waals surface area (Å²) in [5, 5.41) is 10.5. The number of hydrogen-bond donors (Lipinski definition) is 1. The molecule has 20 heavy (non-hydrogen) atoms. The molecule has 0 aliphatic carbocycles. The minimum atomic E-state index is -3.68. The van der Waals surface area contributed by atoms with E-state index in [4.69, 9.17) is 5.73 Å². The van der Waals surface area contributed by atoms with E-state index in [1.165, 1.54) is 36.4 Å². The van der Waals surface area contributed by atoms with Gasteiger partial charge in [-0.15, -0.1) is 12.4 Å². The zero-order chi connectivity index (χ0) is 14.0. The summed E-state index contributed by atoms with van der Waals surface area (Å²) in [7, 11) is -3.68. The predicted octanol–water partition coefficient (Wildman–Crippen LogP) is 2.43. The molecule has 2 aromatic carbocycles. The highest BCUT2D eigenvalue weighted by Crippen LogP contribution is 2.23. The maximum Gasteiger partial charge on any atom is 0.269 e. The van der Waals surface area contributed by atoms with Crippen molar-refractivity contribution in [3.63, 3.8) is 0 Å². The molecule has 0 spiro atoms. The number of nitrogen functional groups attached to an aromatic ring is 1. The van der Waals surface area contributed by atoms with Crippen molar-refractivity contribution in [3.05, 3.63) is 58.6 Å². The maximum atomic E-state index is 12.2. The molecule has 0 saturated carbocycles. The standard InChI is InChI=1S/C12H10N2O4S.ClH/c13-9-1-5-11(6-2-9)19(17,18)12-7-3-10(4-8-12)14(15)16;/h1-8H,13H2;1H. The van der Waals surface area contributed by atoms with Crippen LogP contribution in [0.15, 0.2) is 58.3 Å². The van der Waals surface area contributed by atoms with Gasteiger partial charge in [0.15, 0.2) is 0 Å². The molecule has 0 radical (unpaired) electrons. The van der Waals surface area contributed by atoms with Crippen molar-refractivity contribution >= 4 is 33.6 Å². The zero-order valence-electron chi connectivity index (χ0n) is 10.1. The Balaban J connectivity index is 0.00000200. The first-order chi connectivity index (χ1) is 8.91. The highest BCUT2D eigenvalue weighted by molar-refractivity contribution is 7.91. The smallest absolute Gasteiger partial charge is 0.269 e. The number of benzene rings is 2. The zero-order valence-corrected chi connectivity index (χ0v) is 11.7. The molecule has 2 rings (SSSR count). The summed E-state index contributed by atoms with van der Waals surface area (Å²) in [4.78, 5) is 10.0. The summed E-state index contributed by atoms with van der Waals surface area (Å²) in [6, 6.07) is 10.5. The summed E-state index contributed by atoms with van der Waals surface area (Å²) < 4.78 is 24.4. The molecule has 0 unspecified atom stereocenters. The Hall–Kier alpha value is -2.12. The SMILES string of the molecule is Cl.Nc1ccc(S(=O)(=O)c2ccc([N+](=O)[O-])cc2)cc1. The van der Waals surface area contributed by atoms with Crippen LogP contribution in [0.3, 0.4) is 0 Å². The fraction of sp³-hybridized carbons (Fsp3) is 0. The number of nitrogens with two attached hydrogens (primary N) is 1. The van der Waals surface area contributed by atoms with Crippen LogP contribution in [0.1, 0.15) is 0 Å². The van der Waals surface area contributed by atoms with E-state index >= 15 is 0 Å². The second-order valence-corrected chi connectivity index (χ2v) is 5.77. The highest BCUT2D eigenvalue weighted by Gasteiger charge is 2.18. The van der Waals surface area contributed by atoms with E-state index in [0.717, 1.165) is 12.1 Å². The molecule has 6 nitrogen and oxygen atoms in total. The number of halogens is 1. The Morgan fingerprint density at radius 3 is 1.70 bits per heavy atom. The fourth-order valence-electron chi connectivity index (χ4n) is 1.53. The lowest BCUT2D eigenvalue weighted by Crippen LogP contribution is -2.02. The van der Waals surface area contributed by atoms with Crippen LogP contribution >= 0.6 is 12.4 Å². The molecule has 0 saturated heterocycles. The van der Waals surface area contributed by atoms with E-state index in [9.17, 15) is 18.5 Å². The van der Waals surface area contributed by atoms with E-state index in [1.807, 2.05) is 0 Å². The largest absolute Gasteiger partial charge is 0.399 e. The Labute approximate surface area is 121 Å². The lowest BCUT2D eigenvalue weighted by molar-refractivity contribution is -0.384. The van der Waals surface area contributed by atoms with Crippen molar-refractivity contribution < 1.29 is 13.3 Å². The van der Waals surface area contributed by atoms with E-state index in [-0.39, 0.29) is 27.9 Å². The van der Waals surface area contributed by atoms with E-state index in [0.29, 0.717) is 5.69 Å². The number of non-ortho nitro benzene ring substituents is 1. The predicted molar refractivity (Wildman–Crippen MR) is 76.7 cm³/mol. The Morgan fingerprint density at radius 1 is 0.900 bits per heavy atom. The average Bonchev–Trinajstić information content (AvgIpc) is 2.39. The van der Waals surface area contributed by atoms with Crippen molar-refractivity contribution in [2.24, 2.45) is 0 Å². The monoisotopic (exact) mass is 314 g/mol. The molecule has 0 aliphatic heterocycles. The highest BCUT2D eigenvalue weighted by atomic mass is 35.5. The summed E-state index contributed by atoms with van der Waals surface area (Å²) >= 11 is 0. The van der Waals surface area contributed by atoms with E-state index < -0.39 is 14.8 Å². The molecule has 2 N–H and O–H groups in total. The number of nitro groups is 1. The van der Waals surface area contributed by atoms with Gasteiger partial charge in [-0.05, 0) is 36.4 Å². The van der Waals surface area contributed by atoms with Gasteiger partial charge in [0.25, 0.3) is 5.69 Å². The summed E-state index contributed by atoms with van der Waals surface area (Å²) in [5.74, 6) is 0. The number of rotatable bonds is 3. The minimum absolute atomic E-state index is 0. The van der Waals surface area contributed by atoms with Gasteiger partial charge in [0.05, 0.1) is 14.7 Å². The van der Waals surface area contributed by atoms with Gasteiger partial charge >= 0.3 is 0 Å². The fourth-order valence-corrected chi connectivity index (χ4v) is 2.79. The number of anilines is 1. The summed E-state index contributed by atoms with van der Waals surface area (Å²) in [5.41, 5.74) is 5.80. The van der Waals surface area contributed by atoms with E-state index in [2.05, 4.69) is 0 Å². The van der Waals surface area contributed by atoms with Crippen LogP contribution in [-0.4, -0.2) is 13.3 Å². The van der Waals surface area contributed by atoms with Crippen molar-refractivity contribution in [2.75, 3.05) is 5.73 Å².